The van der Waals surface area contributed by atoms with Gasteiger partial charge in [0.1, 0.15) is 5.69 Å². The average molecular weight is 341 g/mol. The van der Waals surface area contributed by atoms with Crippen LogP contribution in [0, 0.1) is 0 Å². The zero-order valence-electron chi connectivity index (χ0n) is 12.2. The molecule has 118 valence electrons. The Balaban J connectivity index is 0.00000176. The van der Waals surface area contributed by atoms with E-state index in [-0.39, 0.29) is 24.4 Å². The third-order valence-electron chi connectivity index (χ3n) is 3.86. The van der Waals surface area contributed by atoms with Crippen LogP contribution in [-0.2, 0) is 0 Å². The van der Waals surface area contributed by atoms with Crippen LogP contribution in [0.2, 0.25) is 5.02 Å². The lowest BCUT2D eigenvalue weighted by molar-refractivity contribution is 0.0738. The van der Waals surface area contributed by atoms with Crippen LogP contribution in [0.5, 0.6) is 0 Å². The number of carbonyl (C=O) groups excluding carboxylic acids is 1. The molecule has 1 aliphatic heterocycles. The SMILES string of the molecule is CN(C(=O)c1cc(-c2ccccc2Cl)n[nH]1)C1CCNC1.Cl. The molecule has 2 N–H and O–H groups in total. The van der Waals surface area contributed by atoms with Crippen LogP contribution in [0.25, 0.3) is 11.3 Å². The number of hydrogen-bond donors (Lipinski definition) is 2. The number of nitrogens with one attached hydrogen (secondary N) is 2. The number of likely N-dealkylation sites (N-methyl/N-ethyl adjacent to an activating group) is 1. The van der Waals surface area contributed by atoms with Crippen LogP contribution in [0.4, 0.5) is 0 Å². The van der Waals surface area contributed by atoms with Crippen LogP contribution in [0.3, 0.4) is 0 Å². The van der Waals surface area contributed by atoms with E-state index in [0.29, 0.717) is 16.4 Å². The molecule has 0 aliphatic carbocycles. The number of rotatable bonds is 3. The van der Waals surface area contributed by atoms with Gasteiger partial charge in [0.05, 0.1) is 10.7 Å². The first-order valence-electron chi connectivity index (χ1n) is 6.95. The molecule has 1 aromatic carbocycles. The first kappa shape index (κ1) is 16.8. The Morgan fingerprint density at radius 2 is 2.18 bits per heavy atom. The summed E-state index contributed by atoms with van der Waals surface area (Å²) >= 11 is 6.16. The number of aromatic nitrogens is 2. The number of H-pyrrole nitrogens is 1. The van der Waals surface area contributed by atoms with Crippen molar-refractivity contribution in [3.05, 3.63) is 41.0 Å². The van der Waals surface area contributed by atoms with E-state index in [2.05, 4.69) is 15.5 Å². The molecule has 0 saturated carbocycles. The monoisotopic (exact) mass is 340 g/mol. The molecule has 1 aromatic heterocycles. The van der Waals surface area contributed by atoms with E-state index in [4.69, 9.17) is 11.6 Å². The predicted molar refractivity (Wildman–Crippen MR) is 89.6 cm³/mol. The number of halogens is 2. The quantitative estimate of drug-likeness (QED) is 0.902. The molecular formula is C15H18Cl2N4O. The fourth-order valence-corrected chi connectivity index (χ4v) is 2.80. The molecule has 3 rings (SSSR count). The molecule has 0 bridgehead atoms. The topological polar surface area (TPSA) is 61.0 Å². The summed E-state index contributed by atoms with van der Waals surface area (Å²) in [6.07, 6.45) is 0.980. The molecule has 2 aromatic rings. The maximum atomic E-state index is 12.5. The van der Waals surface area contributed by atoms with Gasteiger partial charge in [-0.15, -0.1) is 12.4 Å². The Morgan fingerprint density at radius 1 is 1.41 bits per heavy atom. The van der Waals surface area contributed by atoms with Gasteiger partial charge in [-0.2, -0.15) is 5.10 Å². The summed E-state index contributed by atoms with van der Waals surface area (Å²) in [5, 5.41) is 10.9. The summed E-state index contributed by atoms with van der Waals surface area (Å²) < 4.78 is 0. The molecule has 1 atom stereocenters. The lowest BCUT2D eigenvalue weighted by Gasteiger charge is -2.22. The highest BCUT2D eigenvalue weighted by molar-refractivity contribution is 6.33. The minimum absolute atomic E-state index is 0. The molecule has 2 heterocycles. The molecule has 0 radical (unpaired) electrons. The van der Waals surface area contributed by atoms with Crippen molar-refractivity contribution < 1.29 is 4.79 Å². The molecule has 1 saturated heterocycles. The van der Waals surface area contributed by atoms with E-state index in [1.165, 1.54) is 0 Å². The van der Waals surface area contributed by atoms with Gasteiger partial charge in [-0.3, -0.25) is 9.89 Å². The van der Waals surface area contributed by atoms with Crippen LogP contribution in [0.15, 0.2) is 30.3 Å². The van der Waals surface area contributed by atoms with Gasteiger partial charge in [-0.25, -0.2) is 0 Å². The van der Waals surface area contributed by atoms with E-state index in [1.54, 1.807) is 11.0 Å². The third kappa shape index (κ3) is 3.27. The molecule has 7 heteroatoms. The lowest BCUT2D eigenvalue weighted by Crippen LogP contribution is -2.38. The minimum atomic E-state index is -0.0468. The van der Waals surface area contributed by atoms with E-state index in [9.17, 15) is 4.79 Å². The van der Waals surface area contributed by atoms with E-state index in [0.717, 1.165) is 25.1 Å². The summed E-state index contributed by atoms with van der Waals surface area (Å²) in [4.78, 5) is 14.2. The number of nitrogens with zero attached hydrogens (tertiary/aromatic N) is 2. The van der Waals surface area contributed by atoms with Crippen molar-refractivity contribution >= 4 is 29.9 Å². The van der Waals surface area contributed by atoms with Gasteiger partial charge in [0.25, 0.3) is 5.91 Å². The predicted octanol–water partition coefficient (Wildman–Crippen LogP) is 2.59. The van der Waals surface area contributed by atoms with Crippen molar-refractivity contribution in [1.82, 2.24) is 20.4 Å². The van der Waals surface area contributed by atoms with Gasteiger partial charge < -0.3 is 10.2 Å². The lowest BCUT2D eigenvalue weighted by atomic mass is 10.1. The minimum Gasteiger partial charge on any atom is -0.336 e. The Bertz CT molecular complexity index is 652. The van der Waals surface area contributed by atoms with Crippen molar-refractivity contribution in [3.8, 4) is 11.3 Å². The van der Waals surface area contributed by atoms with Crippen molar-refractivity contribution in [3.63, 3.8) is 0 Å². The number of aromatic amines is 1. The normalized spacial score (nSPS) is 17.1. The molecule has 1 unspecified atom stereocenters. The molecule has 5 nitrogen and oxygen atoms in total. The number of hydrogen-bond acceptors (Lipinski definition) is 3. The highest BCUT2D eigenvalue weighted by Crippen LogP contribution is 2.26. The van der Waals surface area contributed by atoms with Gasteiger partial charge in [-0.1, -0.05) is 29.8 Å². The highest BCUT2D eigenvalue weighted by atomic mass is 35.5. The van der Waals surface area contributed by atoms with Crippen LogP contribution in [-0.4, -0.2) is 47.2 Å². The zero-order chi connectivity index (χ0) is 14.8. The first-order chi connectivity index (χ1) is 10.2. The third-order valence-corrected chi connectivity index (χ3v) is 4.19. The second kappa shape index (κ2) is 7.13. The van der Waals surface area contributed by atoms with Crippen LogP contribution < -0.4 is 5.32 Å². The van der Waals surface area contributed by atoms with Crippen LogP contribution >= 0.6 is 24.0 Å². The summed E-state index contributed by atoms with van der Waals surface area (Å²) in [6, 6.07) is 9.45. The summed E-state index contributed by atoms with van der Waals surface area (Å²) in [6.45, 7) is 1.80. The molecule has 0 spiro atoms. The number of carbonyl (C=O) groups is 1. The van der Waals surface area contributed by atoms with Gasteiger partial charge in [0.2, 0.25) is 0 Å². The number of benzene rings is 1. The molecule has 22 heavy (non-hydrogen) atoms. The molecular weight excluding hydrogens is 323 g/mol. The maximum absolute atomic E-state index is 12.5. The standard InChI is InChI=1S/C15H17ClN4O.ClH/c1-20(10-6-7-17-9-10)15(21)14-8-13(18-19-14)11-4-2-3-5-12(11)16;/h2-5,8,10,17H,6-7,9H2,1H3,(H,18,19);1H. The molecule has 1 aliphatic rings. The van der Waals surface area contributed by atoms with Crippen LogP contribution in [0.1, 0.15) is 16.9 Å². The van der Waals surface area contributed by atoms with E-state index in [1.807, 2.05) is 31.3 Å². The average Bonchev–Trinajstić information content (AvgIpc) is 3.17. The van der Waals surface area contributed by atoms with Gasteiger partial charge in [0.15, 0.2) is 0 Å². The number of amides is 1. The van der Waals surface area contributed by atoms with Crippen molar-refractivity contribution in [1.29, 1.82) is 0 Å². The first-order valence-corrected chi connectivity index (χ1v) is 7.33. The Labute approximate surface area is 140 Å². The van der Waals surface area contributed by atoms with E-state index >= 15 is 0 Å². The largest absolute Gasteiger partial charge is 0.336 e. The van der Waals surface area contributed by atoms with E-state index < -0.39 is 0 Å². The van der Waals surface area contributed by atoms with Gasteiger partial charge in [0, 0.05) is 25.2 Å². The van der Waals surface area contributed by atoms with Crippen molar-refractivity contribution in [2.24, 2.45) is 0 Å². The van der Waals surface area contributed by atoms with Gasteiger partial charge in [-0.05, 0) is 25.1 Å². The highest BCUT2D eigenvalue weighted by Gasteiger charge is 2.25. The molecule has 1 amide bonds. The summed E-state index contributed by atoms with van der Waals surface area (Å²) in [7, 11) is 1.83. The second-order valence-electron chi connectivity index (χ2n) is 5.21. The maximum Gasteiger partial charge on any atom is 0.271 e. The summed E-state index contributed by atoms with van der Waals surface area (Å²) in [5.41, 5.74) is 1.99. The van der Waals surface area contributed by atoms with Crippen molar-refractivity contribution in [2.75, 3.05) is 20.1 Å². The Morgan fingerprint density at radius 3 is 2.86 bits per heavy atom. The van der Waals surface area contributed by atoms with Crippen molar-refractivity contribution in [2.45, 2.75) is 12.5 Å². The Hall–Kier alpha value is -1.56. The van der Waals surface area contributed by atoms with Gasteiger partial charge >= 0.3 is 0 Å². The molecule has 1 fully saturated rings. The fourth-order valence-electron chi connectivity index (χ4n) is 2.56. The Kier molecular flexibility index (Phi) is 5.45. The fraction of sp³-hybridized carbons (Fsp3) is 0.333. The second-order valence-corrected chi connectivity index (χ2v) is 5.62. The summed E-state index contributed by atoms with van der Waals surface area (Å²) in [5.74, 6) is -0.0468. The smallest absolute Gasteiger partial charge is 0.271 e. The zero-order valence-corrected chi connectivity index (χ0v) is 13.7.